The predicted octanol–water partition coefficient (Wildman–Crippen LogP) is 6.11. The number of hydrogen-bond acceptors (Lipinski definition) is 2. The quantitative estimate of drug-likeness (QED) is 0.209. The maximum Gasteiger partial charge on any atom is 0.460 e. The SMILES string of the molecule is C=C(C)C(=O)OC(F)C(F)(F)C(F)(F)C(F)(F)C(F)C(F)(F)C(F)(F)C(F)(F)C(F)(F)F. The predicted molar refractivity (Wildman–Crippen MR) is 66.4 cm³/mol. The monoisotopic (exact) mass is 518 g/mol. The zero-order valence-electron chi connectivity index (χ0n) is 14.6. The van der Waals surface area contributed by atoms with Gasteiger partial charge in [-0.15, -0.1) is 0 Å². The molecule has 0 aromatic rings. The molecular weight excluding hydrogens is 511 g/mol. The molecule has 0 aromatic heterocycles. The van der Waals surface area contributed by atoms with Crippen LogP contribution in [0.25, 0.3) is 0 Å². The molecule has 0 rings (SSSR count). The van der Waals surface area contributed by atoms with Crippen molar-refractivity contribution < 1.29 is 84.2 Å². The number of ether oxygens (including phenoxy) is 1. The number of alkyl halides is 17. The van der Waals surface area contributed by atoms with E-state index in [-0.39, 0.29) is 0 Å². The van der Waals surface area contributed by atoms with Gasteiger partial charge < -0.3 is 4.74 Å². The van der Waals surface area contributed by atoms with Gasteiger partial charge in [-0.05, 0) is 6.92 Å². The molecule has 2 atom stereocenters. The minimum absolute atomic E-state index is 0.557. The van der Waals surface area contributed by atoms with Gasteiger partial charge in [-0.25, -0.2) is 9.18 Å². The molecule has 0 aliphatic heterocycles. The third kappa shape index (κ3) is 4.29. The largest absolute Gasteiger partial charge is 0.460 e. The molecule has 0 saturated carbocycles. The summed E-state index contributed by atoms with van der Waals surface area (Å²) in [6.45, 7) is 3.16. The van der Waals surface area contributed by atoms with E-state index < -0.39 is 65.8 Å². The Morgan fingerprint density at radius 3 is 1.31 bits per heavy atom. The van der Waals surface area contributed by atoms with Crippen molar-refractivity contribution in [2.75, 3.05) is 0 Å². The van der Waals surface area contributed by atoms with Crippen molar-refractivity contribution in [2.24, 2.45) is 0 Å². The van der Waals surface area contributed by atoms with Crippen LogP contribution in [0.1, 0.15) is 6.92 Å². The average molecular weight is 518 g/mol. The van der Waals surface area contributed by atoms with Gasteiger partial charge in [0.1, 0.15) is 0 Å². The second-order valence-corrected chi connectivity index (χ2v) is 5.95. The van der Waals surface area contributed by atoms with Crippen molar-refractivity contribution in [1.29, 1.82) is 0 Å². The standard InChI is InChI=1S/C13H7F17O2/c1-3(2)4(31)32-6(15)9(20,21)10(22,23)7(16,17)5(14)8(18,19)11(24,25)12(26,27)13(28,29)30/h5-6H,1H2,2H3. The summed E-state index contributed by atoms with van der Waals surface area (Å²) < 4.78 is 223. The highest BCUT2D eigenvalue weighted by atomic mass is 19.4. The molecule has 32 heavy (non-hydrogen) atoms. The van der Waals surface area contributed by atoms with E-state index in [2.05, 4.69) is 11.3 Å². The summed E-state index contributed by atoms with van der Waals surface area (Å²) >= 11 is 0. The number of hydrogen-bond donors (Lipinski definition) is 0. The molecule has 19 heteroatoms. The molecule has 0 aliphatic carbocycles. The lowest BCUT2D eigenvalue weighted by Gasteiger charge is -2.40. The molecule has 0 aliphatic rings. The van der Waals surface area contributed by atoms with E-state index in [1.807, 2.05) is 0 Å². The summed E-state index contributed by atoms with van der Waals surface area (Å²) in [5.74, 6) is -49.8. The lowest BCUT2D eigenvalue weighted by Crippen LogP contribution is -2.71. The molecule has 0 N–H and O–H groups in total. The third-order valence-electron chi connectivity index (χ3n) is 3.49. The first-order valence-electron chi connectivity index (χ1n) is 7.13. The van der Waals surface area contributed by atoms with Crippen LogP contribution in [0, 0.1) is 0 Å². The lowest BCUT2D eigenvalue weighted by atomic mass is 9.91. The van der Waals surface area contributed by atoms with Gasteiger partial charge in [0.15, 0.2) is 0 Å². The van der Waals surface area contributed by atoms with Gasteiger partial charge in [-0.1, -0.05) is 6.58 Å². The van der Waals surface area contributed by atoms with Crippen LogP contribution in [0.2, 0.25) is 0 Å². The van der Waals surface area contributed by atoms with E-state index in [4.69, 9.17) is 0 Å². The summed E-state index contributed by atoms with van der Waals surface area (Å²) in [5, 5.41) is 0. The van der Waals surface area contributed by atoms with Crippen LogP contribution in [-0.2, 0) is 9.53 Å². The van der Waals surface area contributed by atoms with E-state index >= 15 is 0 Å². The number of carbonyl (C=O) groups is 1. The Morgan fingerprint density at radius 1 is 0.656 bits per heavy atom. The highest BCUT2D eigenvalue weighted by molar-refractivity contribution is 5.87. The zero-order valence-corrected chi connectivity index (χ0v) is 14.6. The van der Waals surface area contributed by atoms with E-state index in [1.54, 1.807) is 0 Å². The van der Waals surface area contributed by atoms with Crippen LogP contribution in [0.3, 0.4) is 0 Å². The van der Waals surface area contributed by atoms with Crippen molar-refractivity contribution in [2.45, 2.75) is 61.2 Å². The van der Waals surface area contributed by atoms with Gasteiger partial charge in [0.05, 0.1) is 0 Å². The number of esters is 1. The van der Waals surface area contributed by atoms with Crippen LogP contribution in [-0.4, -0.2) is 60.2 Å². The van der Waals surface area contributed by atoms with Gasteiger partial charge in [-0.3, -0.25) is 0 Å². The molecule has 0 heterocycles. The Labute approximate surface area is 165 Å². The Hall–Kier alpha value is -1.98. The Bertz CT molecular complexity index is 722. The molecule has 2 unspecified atom stereocenters. The van der Waals surface area contributed by atoms with Crippen molar-refractivity contribution in [3.05, 3.63) is 12.2 Å². The van der Waals surface area contributed by atoms with Crippen LogP contribution >= 0.6 is 0 Å². The fourth-order valence-corrected chi connectivity index (χ4v) is 1.57. The lowest BCUT2D eigenvalue weighted by molar-refractivity contribution is -0.425. The summed E-state index contributed by atoms with van der Waals surface area (Å²) in [5.41, 5.74) is -1.04. The Morgan fingerprint density at radius 2 is 1.00 bits per heavy atom. The normalized spacial score (nSPS) is 17.1. The molecule has 0 fully saturated rings. The first kappa shape index (κ1) is 30.0. The maximum atomic E-state index is 13.4. The summed E-state index contributed by atoms with van der Waals surface area (Å²) in [6.07, 6.45) is -19.8. The van der Waals surface area contributed by atoms with Gasteiger partial charge in [-0.2, -0.15) is 70.2 Å². The van der Waals surface area contributed by atoms with Crippen LogP contribution in [0.4, 0.5) is 74.6 Å². The number of carbonyl (C=O) groups excluding carboxylic acids is 1. The zero-order chi connectivity index (χ0) is 26.5. The second-order valence-electron chi connectivity index (χ2n) is 5.95. The van der Waals surface area contributed by atoms with E-state index in [0.29, 0.717) is 6.92 Å². The highest BCUT2D eigenvalue weighted by Gasteiger charge is 2.89. The molecule has 0 bridgehead atoms. The fraction of sp³-hybridized carbons (Fsp3) is 0.769. The second kappa shape index (κ2) is 8.11. The number of rotatable bonds is 9. The molecule has 0 amide bonds. The molecule has 0 saturated heterocycles. The Balaban J connectivity index is 6.41. The summed E-state index contributed by atoms with van der Waals surface area (Å²) in [6, 6.07) is 0. The first-order chi connectivity index (χ1) is 13.7. The molecule has 190 valence electrons. The van der Waals surface area contributed by atoms with Crippen molar-refractivity contribution in [3.8, 4) is 0 Å². The average Bonchev–Trinajstić information content (AvgIpc) is 2.58. The number of halogens is 17. The molecular formula is C13H7F17O2. The van der Waals surface area contributed by atoms with E-state index in [9.17, 15) is 79.4 Å². The van der Waals surface area contributed by atoms with E-state index in [1.165, 1.54) is 0 Å². The minimum Gasteiger partial charge on any atom is -0.421 e. The van der Waals surface area contributed by atoms with Gasteiger partial charge >= 0.3 is 54.0 Å². The topological polar surface area (TPSA) is 26.3 Å². The van der Waals surface area contributed by atoms with Crippen molar-refractivity contribution in [1.82, 2.24) is 0 Å². The minimum atomic E-state index is -8.24. The third-order valence-corrected chi connectivity index (χ3v) is 3.49. The van der Waals surface area contributed by atoms with Gasteiger partial charge in [0.2, 0.25) is 6.17 Å². The fourth-order valence-electron chi connectivity index (χ4n) is 1.57. The molecule has 2 nitrogen and oxygen atoms in total. The maximum absolute atomic E-state index is 13.4. The summed E-state index contributed by atoms with van der Waals surface area (Å²) in [4.78, 5) is 10.8. The van der Waals surface area contributed by atoms with Crippen LogP contribution in [0.5, 0.6) is 0 Å². The van der Waals surface area contributed by atoms with Crippen molar-refractivity contribution in [3.63, 3.8) is 0 Å². The highest BCUT2D eigenvalue weighted by Crippen LogP contribution is 2.59. The Kier molecular flexibility index (Phi) is 7.60. The van der Waals surface area contributed by atoms with Crippen molar-refractivity contribution >= 4 is 5.97 Å². The molecule has 0 spiro atoms. The smallest absolute Gasteiger partial charge is 0.421 e. The molecule has 0 aromatic carbocycles. The van der Waals surface area contributed by atoms with E-state index in [0.717, 1.165) is 0 Å². The molecule has 0 radical (unpaired) electrons. The van der Waals surface area contributed by atoms with Crippen LogP contribution in [0.15, 0.2) is 12.2 Å². The summed E-state index contributed by atoms with van der Waals surface area (Å²) in [7, 11) is 0. The first-order valence-corrected chi connectivity index (χ1v) is 7.13. The van der Waals surface area contributed by atoms with Crippen LogP contribution < -0.4 is 0 Å². The van der Waals surface area contributed by atoms with Gasteiger partial charge in [0.25, 0.3) is 0 Å². The van der Waals surface area contributed by atoms with Gasteiger partial charge in [0, 0.05) is 5.57 Å².